The number of nitrogens with zero attached hydrogens (tertiary/aromatic N) is 1. The third kappa shape index (κ3) is 4.09. The number of halogens is 2. The van der Waals surface area contributed by atoms with E-state index in [0.29, 0.717) is 10.0 Å². The van der Waals surface area contributed by atoms with E-state index in [4.69, 9.17) is 27.9 Å². The van der Waals surface area contributed by atoms with Crippen molar-refractivity contribution in [3.63, 3.8) is 0 Å². The van der Waals surface area contributed by atoms with Crippen LogP contribution in [0.4, 0.5) is 0 Å². The van der Waals surface area contributed by atoms with E-state index >= 15 is 0 Å². The summed E-state index contributed by atoms with van der Waals surface area (Å²) in [6, 6.07) is 14.4. The first kappa shape index (κ1) is 15.5. The standard InChI is InChI=1S/C18H11Cl2NO2/c19-14-6-1-12(2-7-14)5-10-17-21-16(18(22)23-17)11-13-3-8-15(20)9-4-13/h1-11H/b10-5+,16-11+. The van der Waals surface area contributed by atoms with Crippen LogP contribution in [0.3, 0.4) is 0 Å². The van der Waals surface area contributed by atoms with Crippen molar-refractivity contribution < 1.29 is 9.53 Å². The number of ether oxygens (including phenoxy) is 1. The fourth-order valence-corrected chi connectivity index (χ4v) is 2.21. The minimum atomic E-state index is -0.476. The zero-order valence-corrected chi connectivity index (χ0v) is 13.4. The van der Waals surface area contributed by atoms with Crippen LogP contribution in [0.1, 0.15) is 11.1 Å². The van der Waals surface area contributed by atoms with E-state index in [1.165, 1.54) is 0 Å². The Morgan fingerprint density at radius 3 is 2.00 bits per heavy atom. The molecule has 0 fully saturated rings. The normalized spacial score (nSPS) is 16.0. The van der Waals surface area contributed by atoms with Gasteiger partial charge in [0.2, 0.25) is 5.90 Å². The quantitative estimate of drug-likeness (QED) is 0.580. The molecule has 0 spiro atoms. The van der Waals surface area contributed by atoms with Gasteiger partial charge in [-0.3, -0.25) is 0 Å². The van der Waals surface area contributed by atoms with Gasteiger partial charge in [-0.2, -0.15) is 0 Å². The molecule has 0 unspecified atom stereocenters. The highest BCUT2D eigenvalue weighted by Gasteiger charge is 2.20. The average Bonchev–Trinajstić information content (AvgIpc) is 2.89. The summed E-state index contributed by atoms with van der Waals surface area (Å²) >= 11 is 11.7. The summed E-state index contributed by atoms with van der Waals surface area (Å²) in [5, 5.41) is 1.30. The summed E-state index contributed by atoms with van der Waals surface area (Å²) in [5.74, 6) is -0.221. The van der Waals surface area contributed by atoms with Crippen molar-refractivity contribution in [3.05, 3.63) is 81.5 Å². The van der Waals surface area contributed by atoms with Crippen LogP contribution in [0.15, 0.2) is 65.3 Å². The molecule has 3 nitrogen and oxygen atoms in total. The molecule has 1 heterocycles. The van der Waals surface area contributed by atoms with E-state index in [1.54, 1.807) is 54.6 Å². The monoisotopic (exact) mass is 343 g/mol. The molecular formula is C18H11Cl2NO2. The number of cyclic esters (lactones) is 1. The van der Waals surface area contributed by atoms with Crippen molar-refractivity contribution in [2.24, 2.45) is 4.99 Å². The van der Waals surface area contributed by atoms with Crippen molar-refractivity contribution in [1.29, 1.82) is 0 Å². The molecule has 2 aromatic carbocycles. The van der Waals surface area contributed by atoms with Crippen LogP contribution in [0, 0.1) is 0 Å². The summed E-state index contributed by atoms with van der Waals surface area (Å²) in [4.78, 5) is 16.0. The number of esters is 1. The van der Waals surface area contributed by atoms with Crippen LogP contribution in [-0.4, -0.2) is 11.9 Å². The first-order valence-corrected chi connectivity index (χ1v) is 7.57. The van der Waals surface area contributed by atoms with Crippen molar-refractivity contribution in [2.45, 2.75) is 0 Å². The molecule has 1 aliphatic heterocycles. The number of carbonyl (C=O) groups excluding carboxylic acids is 1. The van der Waals surface area contributed by atoms with Crippen LogP contribution in [0.2, 0.25) is 10.0 Å². The molecule has 2 aromatic rings. The molecule has 114 valence electrons. The van der Waals surface area contributed by atoms with Crippen LogP contribution in [0.25, 0.3) is 12.2 Å². The highest BCUT2D eigenvalue weighted by atomic mass is 35.5. The lowest BCUT2D eigenvalue weighted by Crippen LogP contribution is -2.01. The highest BCUT2D eigenvalue weighted by molar-refractivity contribution is 6.30. The Hall–Kier alpha value is -2.36. The Labute approximate surface area is 143 Å². The van der Waals surface area contributed by atoms with Crippen LogP contribution in [-0.2, 0) is 9.53 Å². The largest absolute Gasteiger partial charge is 0.403 e. The molecule has 1 aliphatic rings. The Morgan fingerprint density at radius 2 is 1.39 bits per heavy atom. The third-order valence-corrected chi connectivity index (χ3v) is 3.60. The number of benzene rings is 2. The second-order valence-corrected chi connectivity index (χ2v) is 5.68. The zero-order chi connectivity index (χ0) is 16.2. The van der Waals surface area contributed by atoms with Crippen molar-refractivity contribution in [1.82, 2.24) is 0 Å². The number of hydrogen-bond acceptors (Lipinski definition) is 3. The number of carbonyl (C=O) groups is 1. The van der Waals surface area contributed by atoms with E-state index in [9.17, 15) is 4.79 Å². The summed E-state index contributed by atoms with van der Waals surface area (Å²) in [5.41, 5.74) is 2.01. The maximum absolute atomic E-state index is 11.8. The molecule has 0 aromatic heterocycles. The fourth-order valence-electron chi connectivity index (χ4n) is 1.96. The van der Waals surface area contributed by atoms with Gasteiger partial charge in [0.05, 0.1) is 0 Å². The second-order valence-electron chi connectivity index (χ2n) is 4.81. The number of aliphatic imine (C=N–C) groups is 1. The predicted octanol–water partition coefficient (Wildman–Crippen LogP) is 5.00. The fraction of sp³-hybridized carbons (Fsp3) is 0. The molecule has 0 N–H and O–H groups in total. The lowest BCUT2D eigenvalue weighted by atomic mass is 10.2. The van der Waals surface area contributed by atoms with Crippen molar-refractivity contribution in [3.8, 4) is 0 Å². The van der Waals surface area contributed by atoms with Gasteiger partial charge < -0.3 is 4.74 Å². The Kier molecular flexibility index (Phi) is 4.60. The van der Waals surface area contributed by atoms with Gasteiger partial charge in [-0.1, -0.05) is 47.5 Å². The Balaban J connectivity index is 1.78. The third-order valence-electron chi connectivity index (χ3n) is 3.10. The maximum atomic E-state index is 11.8. The minimum absolute atomic E-state index is 0.253. The second kappa shape index (κ2) is 6.82. The summed E-state index contributed by atoms with van der Waals surface area (Å²) in [6.45, 7) is 0. The smallest absolute Gasteiger partial charge is 0.363 e. The average molecular weight is 344 g/mol. The van der Waals surface area contributed by atoms with Gasteiger partial charge in [-0.25, -0.2) is 9.79 Å². The van der Waals surface area contributed by atoms with Gasteiger partial charge in [-0.15, -0.1) is 0 Å². The molecule has 0 saturated heterocycles. The first-order valence-electron chi connectivity index (χ1n) is 6.82. The minimum Gasteiger partial charge on any atom is -0.403 e. The predicted molar refractivity (Wildman–Crippen MR) is 93.4 cm³/mol. The van der Waals surface area contributed by atoms with Crippen molar-refractivity contribution in [2.75, 3.05) is 0 Å². The number of rotatable bonds is 3. The van der Waals surface area contributed by atoms with E-state index in [1.807, 2.05) is 12.1 Å². The number of hydrogen-bond donors (Lipinski definition) is 0. The van der Waals surface area contributed by atoms with Gasteiger partial charge in [0.1, 0.15) is 0 Å². The van der Waals surface area contributed by atoms with Crippen LogP contribution in [0.5, 0.6) is 0 Å². The molecule has 5 heteroatoms. The first-order chi connectivity index (χ1) is 11.1. The van der Waals surface area contributed by atoms with E-state index in [2.05, 4.69) is 4.99 Å². The molecule has 0 atom stereocenters. The molecule has 0 aliphatic carbocycles. The van der Waals surface area contributed by atoms with Gasteiger partial charge >= 0.3 is 5.97 Å². The van der Waals surface area contributed by atoms with E-state index < -0.39 is 5.97 Å². The highest BCUT2D eigenvalue weighted by Crippen LogP contribution is 2.18. The lowest BCUT2D eigenvalue weighted by molar-refractivity contribution is -0.129. The molecule has 23 heavy (non-hydrogen) atoms. The van der Waals surface area contributed by atoms with E-state index in [-0.39, 0.29) is 11.6 Å². The zero-order valence-electron chi connectivity index (χ0n) is 11.9. The van der Waals surface area contributed by atoms with Crippen LogP contribution < -0.4 is 0 Å². The molecule has 0 saturated carbocycles. The molecule has 0 amide bonds. The van der Waals surface area contributed by atoms with Crippen LogP contribution >= 0.6 is 23.2 Å². The van der Waals surface area contributed by atoms with Gasteiger partial charge in [0, 0.05) is 16.1 Å². The van der Waals surface area contributed by atoms with Gasteiger partial charge in [-0.05, 0) is 47.5 Å². The topological polar surface area (TPSA) is 38.7 Å². The Morgan fingerprint density at radius 1 is 0.826 bits per heavy atom. The summed E-state index contributed by atoms with van der Waals surface area (Å²) in [7, 11) is 0. The maximum Gasteiger partial charge on any atom is 0.363 e. The summed E-state index contributed by atoms with van der Waals surface area (Å²) in [6.07, 6.45) is 5.10. The Bertz CT molecular complexity index is 819. The van der Waals surface area contributed by atoms with E-state index in [0.717, 1.165) is 11.1 Å². The molecule has 3 rings (SSSR count). The summed E-state index contributed by atoms with van der Waals surface area (Å²) < 4.78 is 5.12. The lowest BCUT2D eigenvalue weighted by Gasteiger charge is -1.94. The van der Waals surface area contributed by atoms with Gasteiger partial charge in [0.25, 0.3) is 0 Å². The molecular weight excluding hydrogens is 333 g/mol. The van der Waals surface area contributed by atoms with Gasteiger partial charge in [0.15, 0.2) is 5.70 Å². The SMILES string of the molecule is O=C1OC(/C=C/c2ccc(Cl)cc2)=NC/1=C/c1ccc(Cl)cc1. The molecule has 0 radical (unpaired) electrons. The molecule has 0 bridgehead atoms. The van der Waals surface area contributed by atoms with Crippen molar-refractivity contribution >= 4 is 47.2 Å².